The first-order chi connectivity index (χ1) is 11.7. The van der Waals surface area contributed by atoms with Crippen LogP contribution in [0.5, 0.6) is 11.5 Å². The number of ether oxygens (including phenoxy) is 1. The van der Waals surface area contributed by atoms with Gasteiger partial charge in [0.05, 0.1) is 5.69 Å². The van der Waals surface area contributed by atoms with E-state index >= 15 is 0 Å². The zero-order valence-corrected chi connectivity index (χ0v) is 15.2. The van der Waals surface area contributed by atoms with Gasteiger partial charge in [0, 0.05) is 30.6 Å². The average molecular weight is 361 g/mol. The molecule has 0 aromatic heterocycles. The summed E-state index contributed by atoms with van der Waals surface area (Å²) < 4.78 is 6.13. The number of hydrogen-bond acceptors (Lipinski definition) is 6. The second-order valence-electron chi connectivity index (χ2n) is 5.55. The van der Waals surface area contributed by atoms with E-state index in [-0.39, 0.29) is 0 Å². The third-order valence-electron chi connectivity index (χ3n) is 3.89. The summed E-state index contributed by atoms with van der Waals surface area (Å²) in [6, 6.07) is 13.6. The lowest BCUT2D eigenvalue weighted by Crippen LogP contribution is -2.20. The van der Waals surface area contributed by atoms with Crippen LogP contribution in [0.1, 0.15) is 18.4 Å². The fraction of sp³-hybridized carbons (Fsp3) is 0.278. The van der Waals surface area contributed by atoms with E-state index in [0.29, 0.717) is 5.05 Å². The maximum Gasteiger partial charge on any atom is 0.217 e. The number of hydrogen-bond donors (Lipinski definition) is 2. The van der Waals surface area contributed by atoms with Crippen LogP contribution in [-0.4, -0.2) is 25.2 Å². The van der Waals surface area contributed by atoms with Crippen LogP contribution >= 0.6 is 24.8 Å². The predicted molar refractivity (Wildman–Crippen MR) is 104 cm³/mol. The SMILES string of the molecule is CNOC(=S)c1cc(S)c(Oc2ccccc2)c(N2CCCC2)c1. The van der Waals surface area contributed by atoms with Gasteiger partial charge >= 0.3 is 0 Å². The molecule has 1 heterocycles. The minimum atomic E-state index is 0.388. The summed E-state index contributed by atoms with van der Waals surface area (Å²) in [5, 5.41) is 0.388. The van der Waals surface area contributed by atoms with Gasteiger partial charge in [-0.1, -0.05) is 18.2 Å². The van der Waals surface area contributed by atoms with Gasteiger partial charge in [-0.3, -0.25) is 0 Å². The molecule has 0 unspecified atom stereocenters. The van der Waals surface area contributed by atoms with Crippen LogP contribution in [0.25, 0.3) is 0 Å². The van der Waals surface area contributed by atoms with Crippen molar-refractivity contribution < 1.29 is 9.57 Å². The van der Waals surface area contributed by atoms with Crippen molar-refractivity contribution in [2.45, 2.75) is 17.7 Å². The standard InChI is InChI=1S/C18H20N2O2S2/c1-19-22-18(24)13-11-15(20-9-5-6-10-20)17(16(23)12-13)21-14-7-3-2-4-8-14/h2-4,7-8,11-12,19,23H,5-6,9-10H2,1H3. The van der Waals surface area contributed by atoms with E-state index in [1.807, 2.05) is 42.5 Å². The van der Waals surface area contributed by atoms with Crippen LogP contribution in [0.15, 0.2) is 47.4 Å². The third-order valence-corrected chi connectivity index (χ3v) is 4.54. The highest BCUT2D eigenvalue weighted by Crippen LogP contribution is 2.40. The molecule has 0 saturated carbocycles. The molecule has 1 N–H and O–H groups in total. The van der Waals surface area contributed by atoms with Gasteiger partial charge in [-0.25, -0.2) is 0 Å². The highest BCUT2D eigenvalue weighted by atomic mass is 32.1. The van der Waals surface area contributed by atoms with Gasteiger partial charge < -0.3 is 14.5 Å². The largest absolute Gasteiger partial charge is 0.454 e. The molecule has 4 nitrogen and oxygen atoms in total. The van der Waals surface area contributed by atoms with E-state index in [1.165, 1.54) is 12.8 Å². The predicted octanol–water partition coefficient (Wildman–Crippen LogP) is 4.19. The minimum absolute atomic E-state index is 0.388. The molecule has 1 aliphatic heterocycles. The summed E-state index contributed by atoms with van der Waals surface area (Å²) in [5.74, 6) is 1.54. The molecular weight excluding hydrogens is 340 g/mol. The Morgan fingerprint density at radius 2 is 1.88 bits per heavy atom. The van der Waals surface area contributed by atoms with Gasteiger partial charge in [-0.05, 0) is 49.3 Å². The Morgan fingerprint density at radius 3 is 2.54 bits per heavy atom. The number of hydroxylamine groups is 1. The number of thiocarbonyl (C=S) groups is 1. The summed E-state index contributed by atoms with van der Waals surface area (Å²) in [6.45, 7) is 2.00. The molecule has 0 bridgehead atoms. The number of nitrogens with zero attached hydrogens (tertiary/aromatic N) is 1. The van der Waals surface area contributed by atoms with Crippen LogP contribution in [0.3, 0.4) is 0 Å². The molecular formula is C18H20N2O2S2. The van der Waals surface area contributed by atoms with Gasteiger partial charge in [0.15, 0.2) is 5.75 Å². The first-order valence-corrected chi connectivity index (χ1v) is 8.77. The monoisotopic (exact) mass is 360 g/mol. The van der Waals surface area contributed by atoms with Crippen molar-refractivity contribution >= 4 is 35.6 Å². The van der Waals surface area contributed by atoms with Crippen molar-refractivity contribution in [3.8, 4) is 11.5 Å². The van der Waals surface area contributed by atoms with Crippen molar-refractivity contribution in [1.29, 1.82) is 0 Å². The molecule has 0 spiro atoms. The molecule has 2 aromatic rings. The Balaban J connectivity index is 2.00. The fourth-order valence-corrected chi connectivity index (χ4v) is 3.27. The molecule has 6 heteroatoms. The highest BCUT2D eigenvalue weighted by molar-refractivity contribution is 7.80. The first-order valence-electron chi connectivity index (χ1n) is 7.92. The number of benzene rings is 2. The average Bonchev–Trinajstić information content (AvgIpc) is 3.12. The fourth-order valence-electron chi connectivity index (χ4n) is 2.77. The molecule has 24 heavy (non-hydrogen) atoms. The number of rotatable bonds is 5. The molecule has 2 aromatic carbocycles. The van der Waals surface area contributed by atoms with E-state index < -0.39 is 0 Å². The molecule has 0 amide bonds. The zero-order chi connectivity index (χ0) is 16.9. The van der Waals surface area contributed by atoms with Crippen molar-refractivity contribution in [2.24, 2.45) is 0 Å². The topological polar surface area (TPSA) is 33.7 Å². The van der Waals surface area contributed by atoms with Gasteiger partial charge in [-0.15, -0.1) is 12.6 Å². The Kier molecular flexibility index (Phi) is 5.60. The summed E-state index contributed by atoms with van der Waals surface area (Å²) >= 11 is 9.94. The maximum atomic E-state index is 6.13. The molecule has 1 fully saturated rings. The summed E-state index contributed by atoms with van der Waals surface area (Å²) in [5.41, 5.74) is 4.43. The zero-order valence-electron chi connectivity index (χ0n) is 13.5. The lowest BCUT2D eigenvalue weighted by molar-refractivity contribution is 0.217. The van der Waals surface area contributed by atoms with Gasteiger partial charge in [-0.2, -0.15) is 5.48 Å². The molecule has 126 valence electrons. The summed E-state index contributed by atoms with van der Waals surface area (Å²) in [7, 11) is 1.68. The number of anilines is 1. The summed E-state index contributed by atoms with van der Waals surface area (Å²) in [6.07, 6.45) is 2.35. The van der Waals surface area contributed by atoms with E-state index in [0.717, 1.165) is 40.7 Å². The number of para-hydroxylation sites is 1. The Hall–Kier alpha value is -1.76. The summed E-state index contributed by atoms with van der Waals surface area (Å²) in [4.78, 5) is 8.29. The lowest BCUT2D eigenvalue weighted by Gasteiger charge is -2.23. The quantitative estimate of drug-likeness (QED) is 0.475. The van der Waals surface area contributed by atoms with Crippen LogP contribution in [0.2, 0.25) is 0 Å². The Morgan fingerprint density at radius 1 is 1.17 bits per heavy atom. The Labute approximate surface area is 153 Å². The molecule has 0 aliphatic carbocycles. The Bertz CT molecular complexity index is 716. The van der Waals surface area contributed by atoms with Crippen LogP contribution < -0.4 is 15.1 Å². The molecule has 1 aliphatic rings. The molecule has 3 rings (SSSR count). The smallest absolute Gasteiger partial charge is 0.217 e. The van der Waals surface area contributed by atoms with Crippen molar-refractivity contribution in [3.05, 3.63) is 48.0 Å². The van der Waals surface area contributed by atoms with Gasteiger partial charge in [0.1, 0.15) is 5.75 Å². The van der Waals surface area contributed by atoms with Crippen LogP contribution in [-0.2, 0) is 4.84 Å². The van der Waals surface area contributed by atoms with Crippen molar-refractivity contribution in [1.82, 2.24) is 5.48 Å². The van der Waals surface area contributed by atoms with Crippen molar-refractivity contribution in [3.63, 3.8) is 0 Å². The first kappa shape index (κ1) is 17.1. The van der Waals surface area contributed by atoms with Crippen molar-refractivity contribution in [2.75, 3.05) is 25.0 Å². The van der Waals surface area contributed by atoms with E-state index in [4.69, 9.17) is 21.8 Å². The number of nitrogens with one attached hydrogen (secondary N) is 1. The van der Waals surface area contributed by atoms with Gasteiger partial charge in [0.25, 0.3) is 0 Å². The number of thiol groups is 1. The molecule has 0 atom stereocenters. The molecule has 0 radical (unpaired) electrons. The maximum absolute atomic E-state index is 6.13. The molecule has 1 saturated heterocycles. The van der Waals surface area contributed by atoms with E-state index in [2.05, 4.69) is 23.0 Å². The lowest BCUT2D eigenvalue weighted by atomic mass is 10.1. The highest BCUT2D eigenvalue weighted by Gasteiger charge is 2.21. The van der Waals surface area contributed by atoms with E-state index in [1.54, 1.807) is 7.05 Å². The van der Waals surface area contributed by atoms with E-state index in [9.17, 15) is 0 Å². The van der Waals surface area contributed by atoms with Gasteiger partial charge in [0.2, 0.25) is 5.05 Å². The minimum Gasteiger partial charge on any atom is -0.454 e. The van der Waals surface area contributed by atoms with Crippen LogP contribution in [0.4, 0.5) is 5.69 Å². The normalized spacial score (nSPS) is 13.8. The third kappa shape index (κ3) is 3.83. The second-order valence-corrected chi connectivity index (χ2v) is 6.40. The second kappa shape index (κ2) is 7.88. The van der Waals surface area contributed by atoms with Crippen LogP contribution in [0, 0.1) is 0 Å².